The number of carbonyl (C=O) groups is 1. The summed E-state index contributed by atoms with van der Waals surface area (Å²) in [7, 11) is 0. The molecular weight excluding hydrogens is 293 g/mol. The summed E-state index contributed by atoms with van der Waals surface area (Å²) in [5.41, 5.74) is 2.66. The second-order valence-corrected chi connectivity index (χ2v) is 5.62. The second-order valence-electron chi connectivity index (χ2n) is 5.62. The molecule has 2 rings (SSSR count). The van der Waals surface area contributed by atoms with Gasteiger partial charge in [-0.3, -0.25) is 4.79 Å². The number of hydrogen-bond acceptors (Lipinski definition) is 2. The van der Waals surface area contributed by atoms with E-state index in [2.05, 4.69) is 12.2 Å². The molecule has 0 saturated heterocycles. The molecule has 2 N–H and O–H groups in total. The lowest BCUT2D eigenvalue weighted by Gasteiger charge is -2.20. The highest BCUT2D eigenvalue weighted by Crippen LogP contribution is 2.19. The van der Waals surface area contributed by atoms with Gasteiger partial charge in [0, 0.05) is 0 Å². The molecule has 23 heavy (non-hydrogen) atoms. The van der Waals surface area contributed by atoms with Crippen molar-refractivity contribution < 1.29 is 14.3 Å². The Bertz CT molecular complexity index is 655. The van der Waals surface area contributed by atoms with E-state index in [4.69, 9.17) is 0 Å². The summed E-state index contributed by atoms with van der Waals surface area (Å²) in [6.07, 6.45) is 0.938. The number of nitrogens with one attached hydrogen (secondary N) is 1. The third kappa shape index (κ3) is 4.39. The molecule has 0 aliphatic heterocycles. The number of rotatable bonds is 6. The van der Waals surface area contributed by atoms with Crippen LogP contribution in [0.2, 0.25) is 0 Å². The van der Waals surface area contributed by atoms with Gasteiger partial charge in [-0.05, 0) is 42.2 Å². The van der Waals surface area contributed by atoms with Crippen molar-refractivity contribution in [1.29, 1.82) is 0 Å². The van der Waals surface area contributed by atoms with Gasteiger partial charge in [-0.1, -0.05) is 43.3 Å². The molecule has 2 unspecified atom stereocenters. The van der Waals surface area contributed by atoms with Crippen LogP contribution in [0.1, 0.15) is 42.5 Å². The van der Waals surface area contributed by atoms with Crippen LogP contribution in [0.15, 0.2) is 48.5 Å². The highest BCUT2D eigenvalue weighted by Gasteiger charge is 2.20. The van der Waals surface area contributed by atoms with Gasteiger partial charge in [0.2, 0.25) is 5.91 Å². The van der Waals surface area contributed by atoms with Gasteiger partial charge >= 0.3 is 0 Å². The highest BCUT2D eigenvalue weighted by molar-refractivity contribution is 5.83. The van der Waals surface area contributed by atoms with E-state index in [0.717, 1.165) is 12.0 Å². The van der Waals surface area contributed by atoms with Gasteiger partial charge in [0.1, 0.15) is 5.82 Å². The van der Waals surface area contributed by atoms with E-state index in [1.807, 2.05) is 24.3 Å². The van der Waals surface area contributed by atoms with E-state index < -0.39 is 12.0 Å². The third-order valence-electron chi connectivity index (χ3n) is 4.03. The van der Waals surface area contributed by atoms with Crippen LogP contribution in [0.5, 0.6) is 0 Å². The van der Waals surface area contributed by atoms with Crippen molar-refractivity contribution in [1.82, 2.24) is 5.32 Å². The third-order valence-corrected chi connectivity index (χ3v) is 4.03. The summed E-state index contributed by atoms with van der Waals surface area (Å²) >= 11 is 0. The predicted molar refractivity (Wildman–Crippen MR) is 88.6 cm³/mol. The Labute approximate surface area is 136 Å². The average molecular weight is 315 g/mol. The number of hydrogen-bond donors (Lipinski definition) is 2. The zero-order valence-corrected chi connectivity index (χ0v) is 13.4. The van der Waals surface area contributed by atoms with E-state index >= 15 is 0 Å². The molecule has 0 fully saturated rings. The Morgan fingerprint density at radius 1 is 1.17 bits per heavy atom. The molecule has 0 bridgehead atoms. The molecule has 122 valence electrons. The van der Waals surface area contributed by atoms with Gasteiger partial charge in [-0.2, -0.15) is 0 Å². The summed E-state index contributed by atoms with van der Waals surface area (Å²) < 4.78 is 13.3. The second kappa shape index (κ2) is 7.88. The van der Waals surface area contributed by atoms with E-state index in [1.165, 1.54) is 17.7 Å². The minimum Gasteiger partial charge on any atom is -0.394 e. The molecule has 2 atom stereocenters. The first-order valence-electron chi connectivity index (χ1n) is 7.80. The van der Waals surface area contributed by atoms with Crippen molar-refractivity contribution in [3.63, 3.8) is 0 Å². The lowest BCUT2D eigenvalue weighted by molar-refractivity contribution is -0.123. The van der Waals surface area contributed by atoms with Crippen LogP contribution in [-0.2, 0) is 11.2 Å². The van der Waals surface area contributed by atoms with Crippen LogP contribution in [0.25, 0.3) is 0 Å². The van der Waals surface area contributed by atoms with E-state index in [-0.39, 0.29) is 18.3 Å². The van der Waals surface area contributed by atoms with Gasteiger partial charge < -0.3 is 10.4 Å². The van der Waals surface area contributed by atoms with Crippen LogP contribution >= 0.6 is 0 Å². The van der Waals surface area contributed by atoms with E-state index in [0.29, 0.717) is 5.56 Å². The monoisotopic (exact) mass is 315 g/mol. The summed E-state index contributed by atoms with van der Waals surface area (Å²) in [5.74, 6) is -1.10. The smallest absolute Gasteiger partial charge is 0.227 e. The maximum atomic E-state index is 13.3. The van der Waals surface area contributed by atoms with Crippen molar-refractivity contribution in [2.75, 3.05) is 6.61 Å². The van der Waals surface area contributed by atoms with Crippen molar-refractivity contribution in [2.24, 2.45) is 0 Å². The largest absolute Gasteiger partial charge is 0.394 e. The van der Waals surface area contributed by atoms with E-state index in [1.54, 1.807) is 19.1 Å². The molecule has 2 aromatic carbocycles. The van der Waals surface area contributed by atoms with Gasteiger partial charge in [-0.15, -0.1) is 0 Å². The van der Waals surface area contributed by atoms with Gasteiger partial charge in [0.05, 0.1) is 18.6 Å². The molecule has 0 radical (unpaired) electrons. The maximum Gasteiger partial charge on any atom is 0.227 e. The minimum absolute atomic E-state index is 0.187. The van der Waals surface area contributed by atoms with Crippen LogP contribution in [0.4, 0.5) is 4.39 Å². The number of benzene rings is 2. The fourth-order valence-electron chi connectivity index (χ4n) is 2.44. The average Bonchev–Trinajstić information content (AvgIpc) is 2.59. The normalized spacial score (nSPS) is 13.4. The number of aliphatic hydroxyl groups is 1. The Kier molecular flexibility index (Phi) is 5.88. The molecule has 1 amide bonds. The molecule has 4 heteroatoms. The predicted octanol–water partition coefficient (Wildman–Crippen LogP) is 3.34. The van der Waals surface area contributed by atoms with Crippen molar-refractivity contribution >= 4 is 5.91 Å². The molecule has 3 nitrogen and oxygen atoms in total. The molecule has 2 aromatic rings. The Hall–Kier alpha value is -2.20. The molecule has 0 heterocycles. The van der Waals surface area contributed by atoms with Crippen LogP contribution < -0.4 is 5.32 Å². The summed E-state index contributed by atoms with van der Waals surface area (Å²) in [5, 5.41) is 12.4. The lowest BCUT2D eigenvalue weighted by Crippen LogP contribution is -2.33. The van der Waals surface area contributed by atoms with Gasteiger partial charge in [0.25, 0.3) is 0 Å². The van der Waals surface area contributed by atoms with Crippen LogP contribution in [0.3, 0.4) is 0 Å². The first-order valence-corrected chi connectivity index (χ1v) is 7.80. The van der Waals surface area contributed by atoms with Crippen LogP contribution in [0, 0.1) is 5.82 Å². The number of aryl methyl sites for hydroxylation is 1. The fraction of sp³-hybridized carbons (Fsp3) is 0.316. The molecule has 0 aromatic heterocycles. The fourth-order valence-corrected chi connectivity index (χ4v) is 2.44. The standard InChI is InChI=1S/C19H22FNO2/c1-3-14-7-9-15(10-8-14)18(12-22)21-19(23)13(2)16-5-4-6-17(20)11-16/h4-11,13,18,22H,3,12H2,1-2H3,(H,21,23). The topological polar surface area (TPSA) is 49.3 Å². The first-order chi connectivity index (χ1) is 11.0. The SMILES string of the molecule is CCc1ccc(C(CO)NC(=O)C(C)c2cccc(F)c2)cc1. The molecular formula is C19H22FNO2. The van der Waals surface area contributed by atoms with Gasteiger partial charge in [-0.25, -0.2) is 4.39 Å². The molecule has 0 aliphatic carbocycles. The minimum atomic E-state index is -0.491. The number of amides is 1. The number of halogens is 1. The Morgan fingerprint density at radius 3 is 2.43 bits per heavy atom. The number of aliphatic hydroxyl groups excluding tert-OH is 1. The lowest BCUT2D eigenvalue weighted by atomic mass is 9.98. The zero-order valence-electron chi connectivity index (χ0n) is 13.4. The van der Waals surface area contributed by atoms with Crippen molar-refractivity contribution in [3.8, 4) is 0 Å². The van der Waals surface area contributed by atoms with Crippen LogP contribution in [-0.4, -0.2) is 17.6 Å². The summed E-state index contributed by atoms with van der Waals surface area (Å²) in [6.45, 7) is 3.60. The molecule has 0 saturated carbocycles. The van der Waals surface area contributed by atoms with Crippen molar-refractivity contribution in [3.05, 3.63) is 71.0 Å². The first kappa shape index (κ1) is 17.2. The van der Waals surface area contributed by atoms with E-state index in [9.17, 15) is 14.3 Å². The summed E-state index contributed by atoms with van der Waals surface area (Å²) in [4.78, 5) is 12.4. The summed E-state index contributed by atoms with van der Waals surface area (Å²) in [6, 6.07) is 13.3. The zero-order chi connectivity index (χ0) is 16.8. The number of carbonyl (C=O) groups excluding carboxylic acids is 1. The quantitative estimate of drug-likeness (QED) is 0.859. The van der Waals surface area contributed by atoms with Crippen molar-refractivity contribution in [2.45, 2.75) is 32.2 Å². The Balaban J connectivity index is 2.09. The Morgan fingerprint density at radius 2 is 1.87 bits per heavy atom. The highest BCUT2D eigenvalue weighted by atomic mass is 19.1. The maximum absolute atomic E-state index is 13.3. The molecule has 0 spiro atoms. The molecule has 0 aliphatic rings. The van der Waals surface area contributed by atoms with Gasteiger partial charge in [0.15, 0.2) is 0 Å².